The Morgan fingerprint density at radius 2 is 0.821 bits per heavy atom. The lowest BCUT2D eigenvalue weighted by molar-refractivity contribution is 0.667. The first-order chi connectivity index (χ1) is 19.1. The molecule has 0 spiro atoms. The Bertz CT molecular complexity index is 1190. The van der Waals surface area contributed by atoms with Crippen LogP contribution in [0.4, 0.5) is 0 Å². The highest BCUT2D eigenvalue weighted by atomic mass is 32.2. The van der Waals surface area contributed by atoms with Gasteiger partial charge in [0, 0.05) is 9.79 Å². The third-order valence-electron chi connectivity index (χ3n) is 7.78. The maximum Gasteiger partial charge on any atom is 0.0152 e. The average molecular weight is 535 g/mol. The Kier molecular flexibility index (Phi) is 11.3. The predicted octanol–water partition coefficient (Wildman–Crippen LogP) is 12.0. The molecule has 0 fully saturated rings. The van der Waals surface area contributed by atoms with Gasteiger partial charge in [-0.2, -0.15) is 0 Å². The van der Waals surface area contributed by atoms with Gasteiger partial charge in [-0.3, -0.25) is 0 Å². The number of rotatable bonds is 14. The molecule has 4 aromatic carbocycles. The van der Waals surface area contributed by atoms with Crippen molar-refractivity contribution in [1.29, 1.82) is 0 Å². The number of aryl methyl sites for hydroxylation is 4. The summed E-state index contributed by atoms with van der Waals surface area (Å²) in [7, 11) is 0. The molecule has 0 heterocycles. The molecule has 4 rings (SSSR count). The van der Waals surface area contributed by atoms with Crippen molar-refractivity contribution in [3.05, 3.63) is 107 Å². The molecule has 0 aliphatic carbocycles. The molecule has 0 aliphatic heterocycles. The fourth-order valence-corrected chi connectivity index (χ4v) is 6.19. The molecular weight excluding hydrogens is 488 g/mol. The SMILES string of the molecule is CCCCCCc1ccc(-c2ccc(Sc3ccc(-c4ccc(CCCCCC)cc4)cc3C)c(C)c2)cc1. The summed E-state index contributed by atoms with van der Waals surface area (Å²) in [5, 5.41) is 0. The van der Waals surface area contributed by atoms with E-state index in [1.165, 1.54) is 119 Å². The van der Waals surface area contributed by atoms with Crippen LogP contribution in [0, 0.1) is 13.8 Å². The van der Waals surface area contributed by atoms with Gasteiger partial charge in [-0.1, -0.05) is 137 Å². The maximum absolute atomic E-state index is 2.34. The van der Waals surface area contributed by atoms with E-state index in [1.54, 1.807) is 0 Å². The largest absolute Gasteiger partial charge is 0.0895 e. The monoisotopic (exact) mass is 534 g/mol. The van der Waals surface area contributed by atoms with E-state index in [0.717, 1.165) is 0 Å². The van der Waals surface area contributed by atoms with Gasteiger partial charge in [-0.15, -0.1) is 0 Å². The third kappa shape index (κ3) is 8.61. The molecule has 0 aromatic heterocycles. The minimum absolute atomic E-state index is 1.19. The van der Waals surface area contributed by atoms with E-state index in [1.807, 2.05) is 11.8 Å². The van der Waals surface area contributed by atoms with Crippen LogP contribution in [0.15, 0.2) is 94.7 Å². The Hall–Kier alpha value is -2.77. The molecule has 1 heteroatoms. The van der Waals surface area contributed by atoms with Crippen LogP contribution >= 0.6 is 11.8 Å². The second kappa shape index (κ2) is 15.1. The molecule has 0 aliphatic rings. The summed E-state index contributed by atoms with van der Waals surface area (Å²) in [6.07, 6.45) is 12.9. The summed E-state index contributed by atoms with van der Waals surface area (Å²) < 4.78 is 0. The number of unbranched alkanes of at least 4 members (excludes halogenated alkanes) is 6. The summed E-state index contributed by atoms with van der Waals surface area (Å²) in [6, 6.07) is 32.2. The van der Waals surface area contributed by atoms with E-state index in [9.17, 15) is 0 Å². The van der Waals surface area contributed by atoms with Crippen LogP contribution in [0.2, 0.25) is 0 Å². The topological polar surface area (TPSA) is 0 Å². The van der Waals surface area contributed by atoms with Crippen molar-refractivity contribution in [3.8, 4) is 22.3 Å². The van der Waals surface area contributed by atoms with Crippen molar-refractivity contribution in [1.82, 2.24) is 0 Å². The highest BCUT2D eigenvalue weighted by Crippen LogP contribution is 2.36. The summed E-state index contributed by atoms with van der Waals surface area (Å²) >= 11 is 1.88. The summed E-state index contributed by atoms with van der Waals surface area (Å²) in [6.45, 7) is 9.02. The lowest BCUT2D eigenvalue weighted by Gasteiger charge is -2.12. The second-order valence-electron chi connectivity index (χ2n) is 11.1. The number of hydrogen-bond acceptors (Lipinski definition) is 1. The first-order valence-electron chi connectivity index (χ1n) is 15.1. The molecule has 0 saturated carbocycles. The Morgan fingerprint density at radius 1 is 0.436 bits per heavy atom. The zero-order valence-electron chi connectivity index (χ0n) is 24.6. The van der Waals surface area contributed by atoms with Crippen molar-refractivity contribution in [2.24, 2.45) is 0 Å². The van der Waals surface area contributed by atoms with Gasteiger partial charge in [0.15, 0.2) is 0 Å². The molecule has 4 aromatic rings. The highest BCUT2D eigenvalue weighted by molar-refractivity contribution is 7.99. The molecule has 0 bridgehead atoms. The van der Waals surface area contributed by atoms with Gasteiger partial charge in [0.1, 0.15) is 0 Å². The minimum Gasteiger partial charge on any atom is -0.0895 e. The van der Waals surface area contributed by atoms with Crippen molar-refractivity contribution in [2.45, 2.75) is 102 Å². The molecule has 39 heavy (non-hydrogen) atoms. The molecule has 0 unspecified atom stereocenters. The highest BCUT2D eigenvalue weighted by Gasteiger charge is 2.08. The normalized spacial score (nSPS) is 11.2. The molecular formula is C38H46S. The van der Waals surface area contributed by atoms with Gasteiger partial charge in [-0.05, 0) is 96.2 Å². The van der Waals surface area contributed by atoms with Crippen LogP contribution in [0.5, 0.6) is 0 Å². The van der Waals surface area contributed by atoms with Gasteiger partial charge < -0.3 is 0 Å². The first kappa shape index (κ1) is 29.2. The van der Waals surface area contributed by atoms with Gasteiger partial charge >= 0.3 is 0 Å². The average Bonchev–Trinajstić information content (AvgIpc) is 2.96. The maximum atomic E-state index is 2.34. The molecule has 0 saturated heterocycles. The lowest BCUT2D eigenvalue weighted by atomic mass is 10.00. The van der Waals surface area contributed by atoms with Crippen LogP contribution in [0.3, 0.4) is 0 Å². The lowest BCUT2D eigenvalue weighted by Crippen LogP contribution is -1.89. The van der Waals surface area contributed by atoms with Crippen LogP contribution in [0.25, 0.3) is 22.3 Å². The Morgan fingerprint density at radius 3 is 1.18 bits per heavy atom. The van der Waals surface area contributed by atoms with Crippen LogP contribution in [-0.2, 0) is 12.8 Å². The predicted molar refractivity (Wildman–Crippen MR) is 173 cm³/mol. The molecule has 0 N–H and O–H groups in total. The van der Waals surface area contributed by atoms with Crippen molar-refractivity contribution in [3.63, 3.8) is 0 Å². The standard InChI is InChI=1S/C38H46S/c1-5-7-9-11-13-31-15-19-33(20-16-31)35-23-25-37(29(3)27-35)39-38-26-24-36(28-30(38)4)34-21-17-32(18-22-34)14-12-10-8-6-2/h15-28H,5-14H2,1-4H3. The zero-order chi connectivity index (χ0) is 27.5. The molecule has 0 amide bonds. The smallest absolute Gasteiger partial charge is 0.0152 e. The quantitative estimate of drug-likeness (QED) is 0.145. The van der Waals surface area contributed by atoms with Crippen molar-refractivity contribution >= 4 is 11.8 Å². The van der Waals surface area contributed by atoms with Crippen LogP contribution < -0.4 is 0 Å². The van der Waals surface area contributed by atoms with E-state index in [2.05, 4.69) is 113 Å². The zero-order valence-corrected chi connectivity index (χ0v) is 25.4. The fraction of sp³-hybridized carbons (Fsp3) is 0.368. The van der Waals surface area contributed by atoms with Crippen molar-refractivity contribution < 1.29 is 0 Å². The van der Waals surface area contributed by atoms with Gasteiger partial charge in [-0.25, -0.2) is 0 Å². The molecule has 204 valence electrons. The summed E-state index contributed by atoms with van der Waals surface area (Å²) in [4.78, 5) is 2.66. The molecule has 0 nitrogen and oxygen atoms in total. The van der Waals surface area contributed by atoms with E-state index in [0.29, 0.717) is 0 Å². The van der Waals surface area contributed by atoms with Crippen LogP contribution in [0.1, 0.15) is 87.5 Å². The number of hydrogen-bond donors (Lipinski definition) is 0. The number of benzene rings is 4. The second-order valence-corrected chi connectivity index (χ2v) is 12.2. The Balaban J connectivity index is 1.38. The van der Waals surface area contributed by atoms with E-state index < -0.39 is 0 Å². The molecule has 0 atom stereocenters. The van der Waals surface area contributed by atoms with Crippen molar-refractivity contribution in [2.75, 3.05) is 0 Å². The van der Waals surface area contributed by atoms with E-state index >= 15 is 0 Å². The first-order valence-corrected chi connectivity index (χ1v) is 16.0. The van der Waals surface area contributed by atoms with Gasteiger partial charge in [0.25, 0.3) is 0 Å². The van der Waals surface area contributed by atoms with E-state index in [-0.39, 0.29) is 0 Å². The van der Waals surface area contributed by atoms with Gasteiger partial charge in [0.05, 0.1) is 0 Å². The summed E-state index contributed by atoms with van der Waals surface area (Å²) in [5.41, 5.74) is 10.8. The van der Waals surface area contributed by atoms with E-state index in [4.69, 9.17) is 0 Å². The third-order valence-corrected chi connectivity index (χ3v) is 9.14. The van der Waals surface area contributed by atoms with Crippen LogP contribution in [-0.4, -0.2) is 0 Å². The Labute approximate surface area is 242 Å². The molecule has 0 radical (unpaired) electrons. The fourth-order valence-electron chi connectivity index (χ4n) is 5.24. The van der Waals surface area contributed by atoms with Gasteiger partial charge in [0.2, 0.25) is 0 Å². The summed E-state index contributed by atoms with van der Waals surface area (Å²) in [5.74, 6) is 0. The minimum atomic E-state index is 1.19.